The Hall–Kier alpha value is -1.13. The normalized spacial score (nSPS) is 14.8. The van der Waals surface area contributed by atoms with Crippen molar-refractivity contribution in [1.29, 1.82) is 0 Å². The second kappa shape index (κ2) is 5.02. The minimum atomic E-state index is -0.600. The number of benzene rings is 1. The van der Waals surface area contributed by atoms with Gasteiger partial charge < -0.3 is 10.0 Å². The van der Waals surface area contributed by atoms with Gasteiger partial charge in [-0.15, -0.1) is 0 Å². The first kappa shape index (κ1) is 12.3. The van der Waals surface area contributed by atoms with Crippen molar-refractivity contribution >= 4 is 17.5 Å². The van der Waals surface area contributed by atoms with E-state index in [0.29, 0.717) is 0 Å². The summed E-state index contributed by atoms with van der Waals surface area (Å²) in [5.74, 6) is -0.852. The third kappa shape index (κ3) is 2.76. The summed E-state index contributed by atoms with van der Waals surface area (Å²) in [6.07, 6.45) is 1.89. The molecule has 92 valence electrons. The number of hydrogen-bond donors (Lipinski definition) is 1. The zero-order chi connectivity index (χ0) is 12.4. The highest BCUT2D eigenvalue weighted by molar-refractivity contribution is 6.30. The fourth-order valence-electron chi connectivity index (χ4n) is 1.74. The Morgan fingerprint density at radius 1 is 1.53 bits per heavy atom. The van der Waals surface area contributed by atoms with Crippen molar-refractivity contribution in [2.75, 3.05) is 13.2 Å². The van der Waals surface area contributed by atoms with Crippen LogP contribution in [0.3, 0.4) is 0 Å². The predicted molar refractivity (Wildman–Crippen MR) is 62.6 cm³/mol. The highest BCUT2D eigenvalue weighted by Gasteiger charge is 2.32. The Morgan fingerprint density at radius 3 is 2.76 bits per heavy atom. The van der Waals surface area contributed by atoms with Crippen LogP contribution in [0.15, 0.2) is 18.2 Å². The molecule has 17 heavy (non-hydrogen) atoms. The Balaban J connectivity index is 2.19. The van der Waals surface area contributed by atoms with Gasteiger partial charge in [0, 0.05) is 18.2 Å². The van der Waals surface area contributed by atoms with Crippen molar-refractivity contribution in [1.82, 2.24) is 4.90 Å². The zero-order valence-electron chi connectivity index (χ0n) is 9.20. The fourth-order valence-corrected chi connectivity index (χ4v) is 1.86. The van der Waals surface area contributed by atoms with Gasteiger partial charge >= 0.3 is 0 Å². The fraction of sp³-hybridized carbons (Fsp3) is 0.417. The minimum absolute atomic E-state index is 0.00156. The van der Waals surface area contributed by atoms with E-state index in [4.69, 9.17) is 16.7 Å². The summed E-state index contributed by atoms with van der Waals surface area (Å²) in [4.78, 5) is 13.7. The molecule has 1 amide bonds. The summed E-state index contributed by atoms with van der Waals surface area (Å²) in [6.45, 7) is 0.200. The first-order valence-electron chi connectivity index (χ1n) is 5.50. The second-order valence-corrected chi connectivity index (χ2v) is 4.49. The van der Waals surface area contributed by atoms with E-state index in [1.54, 1.807) is 4.90 Å². The highest BCUT2D eigenvalue weighted by atomic mass is 35.5. The number of aliphatic hydroxyl groups excluding tert-OH is 1. The Kier molecular flexibility index (Phi) is 3.64. The van der Waals surface area contributed by atoms with Gasteiger partial charge in [-0.3, -0.25) is 4.79 Å². The number of nitrogens with zero attached hydrogens (tertiary/aromatic N) is 1. The van der Waals surface area contributed by atoms with Crippen LogP contribution in [-0.2, 0) is 0 Å². The van der Waals surface area contributed by atoms with Crippen LogP contribution in [0.25, 0.3) is 0 Å². The third-order valence-electron chi connectivity index (χ3n) is 2.76. The number of carbonyl (C=O) groups is 1. The summed E-state index contributed by atoms with van der Waals surface area (Å²) >= 11 is 5.56. The molecule has 1 fully saturated rings. The van der Waals surface area contributed by atoms with Crippen molar-refractivity contribution < 1.29 is 14.3 Å². The Morgan fingerprint density at radius 2 is 2.24 bits per heavy atom. The van der Waals surface area contributed by atoms with E-state index < -0.39 is 5.82 Å². The molecule has 0 atom stereocenters. The molecule has 1 aromatic rings. The zero-order valence-corrected chi connectivity index (χ0v) is 9.95. The van der Waals surface area contributed by atoms with E-state index in [1.807, 2.05) is 0 Å². The maximum Gasteiger partial charge on any atom is 0.254 e. The standard InChI is InChI=1S/C12H13ClFNO2/c13-10-4-1-8(7-11(10)14)12(17)15(5-6-16)9-2-3-9/h1,4,7,9,16H,2-3,5-6H2. The van der Waals surface area contributed by atoms with Crippen molar-refractivity contribution in [3.63, 3.8) is 0 Å². The molecule has 3 nitrogen and oxygen atoms in total. The van der Waals surface area contributed by atoms with Gasteiger partial charge in [-0.1, -0.05) is 11.6 Å². The van der Waals surface area contributed by atoms with Crippen LogP contribution in [0.4, 0.5) is 4.39 Å². The molecule has 0 radical (unpaired) electrons. The summed E-state index contributed by atoms with van der Waals surface area (Å²) in [5.41, 5.74) is 0.271. The average Bonchev–Trinajstić information content (AvgIpc) is 3.13. The molecule has 1 aliphatic carbocycles. The lowest BCUT2D eigenvalue weighted by Gasteiger charge is -2.21. The maximum atomic E-state index is 13.3. The number of aliphatic hydroxyl groups is 1. The van der Waals surface area contributed by atoms with Crippen LogP contribution < -0.4 is 0 Å². The summed E-state index contributed by atoms with van der Waals surface area (Å²) in [7, 11) is 0. The Labute approximate surface area is 104 Å². The van der Waals surface area contributed by atoms with Crippen LogP contribution in [0, 0.1) is 5.82 Å². The molecule has 0 bridgehead atoms. The molecule has 1 aliphatic rings. The lowest BCUT2D eigenvalue weighted by atomic mass is 10.2. The number of rotatable bonds is 4. The van der Waals surface area contributed by atoms with Gasteiger partial charge in [-0.2, -0.15) is 0 Å². The van der Waals surface area contributed by atoms with Crippen molar-refractivity contribution in [3.05, 3.63) is 34.6 Å². The van der Waals surface area contributed by atoms with Gasteiger partial charge in [-0.05, 0) is 31.0 Å². The summed E-state index contributed by atoms with van der Waals surface area (Å²) in [6, 6.07) is 4.19. The lowest BCUT2D eigenvalue weighted by Crippen LogP contribution is -2.35. The smallest absolute Gasteiger partial charge is 0.254 e. The molecule has 0 heterocycles. The van der Waals surface area contributed by atoms with Gasteiger partial charge in [0.1, 0.15) is 5.82 Å². The molecule has 0 saturated heterocycles. The molecular weight excluding hydrogens is 245 g/mol. The van der Waals surface area contributed by atoms with Crippen LogP contribution in [-0.4, -0.2) is 35.1 Å². The number of carbonyl (C=O) groups excluding carboxylic acids is 1. The molecule has 5 heteroatoms. The van der Waals surface area contributed by atoms with Crippen molar-refractivity contribution in [2.24, 2.45) is 0 Å². The summed E-state index contributed by atoms with van der Waals surface area (Å²) in [5, 5.41) is 8.92. The van der Waals surface area contributed by atoms with E-state index in [9.17, 15) is 9.18 Å². The largest absolute Gasteiger partial charge is 0.395 e. The van der Waals surface area contributed by atoms with Gasteiger partial charge in [0.05, 0.1) is 11.6 Å². The van der Waals surface area contributed by atoms with E-state index in [1.165, 1.54) is 12.1 Å². The topological polar surface area (TPSA) is 40.5 Å². The SMILES string of the molecule is O=C(c1ccc(Cl)c(F)c1)N(CCO)C1CC1. The molecular formula is C12H13ClFNO2. The van der Waals surface area contributed by atoms with Gasteiger partial charge in [0.15, 0.2) is 0 Å². The molecule has 0 aliphatic heterocycles. The molecule has 2 rings (SSSR count). The van der Waals surface area contributed by atoms with Crippen LogP contribution in [0.1, 0.15) is 23.2 Å². The monoisotopic (exact) mass is 257 g/mol. The van der Waals surface area contributed by atoms with E-state index in [-0.39, 0.29) is 35.7 Å². The maximum absolute atomic E-state index is 13.3. The first-order valence-corrected chi connectivity index (χ1v) is 5.88. The van der Waals surface area contributed by atoms with Crippen LogP contribution in [0.2, 0.25) is 5.02 Å². The molecule has 0 unspecified atom stereocenters. The van der Waals surface area contributed by atoms with Gasteiger partial charge in [0.25, 0.3) is 5.91 Å². The highest BCUT2D eigenvalue weighted by Crippen LogP contribution is 2.28. The van der Waals surface area contributed by atoms with Crippen molar-refractivity contribution in [3.8, 4) is 0 Å². The average molecular weight is 258 g/mol. The van der Waals surface area contributed by atoms with E-state index in [2.05, 4.69) is 0 Å². The molecule has 0 spiro atoms. The van der Waals surface area contributed by atoms with Crippen LogP contribution >= 0.6 is 11.6 Å². The Bertz CT molecular complexity index is 435. The molecule has 1 aromatic carbocycles. The van der Waals surface area contributed by atoms with Gasteiger partial charge in [0.2, 0.25) is 0 Å². The number of hydrogen-bond acceptors (Lipinski definition) is 2. The predicted octanol–water partition coefficient (Wildman–Crippen LogP) is 2.08. The minimum Gasteiger partial charge on any atom is -0.395 e. The second-order valence-electron chi connectivity index (χ2n) is 4.08. The number of halogens is 2. The third-order valence-corrected chi connectivity index (χ3v) is 3.06. The van der Waals surface area contributed by atoms with Gasteiger partial charge in [-0.25, -0.2) is 4.39 Å². The van der Waals surface area contributed by atoms with E-state index in [0.717, 1.165) is 18.9 Å². The molecule has 1 saturated carbocycles. The summed E-state index contributed by atoms with van der Waals surface area (Å²) < 4.78 is 13.3. The number of amides is 1. The quantitative estimate of drug-likeness (QED) is 0.897. The lowest BCUT2D eigenvalue weighted by molar-refractivity contribution is 0.0707. The first-order chi connectivity index (χ1) is 8.13. The van der Waals surface area contributed by atoms with E-state index >= 15 is 0 Å². The molecule has 0 aromatic heterocycles. The molecule has 1 N–H and O–H groups in total. The van der Waals surface area contributed by atoms with Crippen molar-refractivity contribution in [2.45, 2.75) is 18.9 Å². The van der Waals surface area contributed by atoms with Crippen LogP contribution in [0.5, 0.6) is 0 Å².